The molecule has 5 fully saturated rings. The molecule has 5 aliphatic rings. The van der Waals surface area contributed by atoms with Gasteiger partial charge in [0.05, 0.1) is 11.6 Å². The van der Waals surface area contributed by atoms with Crippen molar-refractivity contribution in [2.45, 2.75) is 76.0 Å². The number of likely N-dealkylation sites (tertiary alicyclic amines) is 1. The lowest BCUT2D eigenvalue weighted by Crippen LogP contribution is -2.64. The molecule has 4 saturated carbocycles. The van der Waals surface area contributed by atoms with Crippen LogP contribution in [0.4, 0.5) is 0 Å². The third-order valence-corrected chi connectivity index (χ3v) is 6.84. The van der Waals surface area contributed by atoms with Crippen LogP contribution in [0.2, 0.25) is 0 Å². The summed E-state index contributed by atoms with van der Waals surface area (Å²) in [5.74, 6) is 1.32. The van der Waals surface area contributed by atoms with Crippen molar-refractivity contribution in [2.24, 2.45) is 23.0 Å². The van der Waals surface area contributed by atoms with E-state index in [-0.39, 0.29) is 11.3 Å². The summed E-state index contributed by atoms with van der Waals surface area (Å²) in [4.78, 5) is 14.9. The predicted octanol–water partition coefficient (Wildman–Crippen LogP) is 1.66. The van der Waals surface area contributed by atoms with Crippen molar-refractivity contribution in [3.8, 4) is 0 Å². The second-order valence-corrected chi connectivity index (χ2v) is 8.55. The molecule has 5 rings (SSSR count). The topological polar surface area (TPSA) is 66.6 Å². The molecule has 0 spiro atoms. The van der Waals surface area contributed by atoms with Gasteiger partial charge in [0.15, 0.2) is 0 Å². The molecule has 4 atom stereocenters. The van der Waals surface area contributed by atoms with E-state index in [1.165, 1.54) is 6.42 Å². The summed E-state index contributed by atoms with van der Waals surface area (Å²) in [5, 5.41) is 10.8. The van der Waals surface area contributed by atoms with Gasteiger partial charge in [0.1, 0.15) is 0 Å². The average Bonchev–Trinajstić information content (AvgIpc) is 2.80. The number of rotatable bonds is 2. The Bertz CT molecular complexity index is 450. The molecule has 4 aliphatic carbocycles. The zero-order chi connectivity index (χ0) is 14.8. The van der Waals surface area contributed by atoms with Gasteiger partial charge in [-0.25, -0.2) is 0 Å². The standard InChI is InChI=1S/C17H28N2O2/c1-11-3-2-4-19(11)15(20)14(18)16-6-12-5-13(7-16)9-17(21,8-12)10-16/h11-14,21H,2-10,18H2,1H3/t11?,12?,13?,14-,16?,17?/m1/s1. The van der Waals surface area contributed by atoms with E-state index in [0.717, 1.165) is 51.5 Å². The molecule has 3 unspecified atom stereocenters. The highest BCUT2D eigenvalue weighted by atomic mass is 16.3. The quantitative estimate of drug-likeness (QED) is 0.813. The Labute approximate surface area is 127 Å². The summed E-state index contributed by atoms with van der Waals surface area (Å²) < 4.78 is 0. The molecule has 0 radical (unpaired) electrons. The minimum absolute atomic E-state index is 0.127. The molecule has 118 valence electrons. The molecule has 4 heteroatoms. The summed E-state index contributed by atoms with van der Waals surface area (Å²) in [6.07, 6.45) is 8.18. The van der Waals surface area contributed by atoms with Gasteiger partial charge in [0.2, 0.25) is 5.91 Å². The molecular weight excluding hydrogens is 264 g/mol. The summed E-state index contributed by atoms with van der Waals surface area (Å²) in [6.45, 7) is 2.99. The van der Waals surface area contributed by atoms with E-state index in [9.17, 15) is 9.90 Å². The van der Waals surface area contributed by atoms with Gasteiger partial charge >= 0.3 is 0 Å². The monoisotopic (exact) mass is 292 g/mol. The smallest absolute Gasteiger partial charge is 0.240 e. The lowest BCUT2D eigenvalue weighted by molar-refractivity contribution is -0.177. The zero-order valence-corrected chi connectivity index (χ0v) is 13.1. The Kier molecular flexibility index (Phi) is 2.97. The summed E-state index contributed by atoms with van der Waals surface area (Å²) in [5.41, 5.74) is 5.86. The van der Waals surface area contributed by atoms with E-state index < -0.39 is 11.6 Å². The second kappa shape index (κ2) is 4.45. The van der Waals surface area contributed by atoms with Crippen LogP contribution in [0, 0.1) is 17.3 Å². The van der Waals surface area contributed by atoms with Crippen LogP contribution in [0.25, 0.3) is 0 Å². The van der Waals surface area contributed by atoms with Gasteiger partial charge in [-0.05, 0) is 75.5 Å². The second-order valence-electron chi connectivity index (χ2n) is 8.55. The van der Waals surface area contributed by atoms with Gasteiger partial charge in [-0.3, -0.25) is 4.79 Å². The van der Waals surface area contributed by atoms with Crippen molar-refractivity contribution in [3.63, 3.8) is 0 Å². The van der Waals surface area contributed by atoms with Crippen LogP contribution in [0.1, 0.15) is 58.3 Å². The Morgan fingerprint density at radius 3 is 2.48 bits per heavy atom. The van der Waals surface area contributed by atoms with Crippen LogP contribution < -0.4 is 5.73 Å². The van der Waals surface area contributed by atoms with E-state index >= 15 is 0 Å². The fourth-order valence-electron chi connectivity index (χ4n) is 6.35. The Morgan fingerprint density at radius 1 is 1.29 bits per heavy atom. The summed E-state index contributed by atoms with van der Waals surface area (Å²) in [6, 6.07) is -0.0731. The van der Waals surface area contributed by atoms with E-state index in [2.05, 4.69) is 6.92 Å². The minimum atomic E-state index is -0.529. The van der Waals surface area contributed by atoms with E-state index in [1.807, 2.05) is 4.90 Å². The molecule has 4 bridgehead atoms. The highest BCUT2D eigenvalue weighted by Crippen LogP contribution is 2.62. The first kappa shape index (κ1) is 14.0. The van der Waals surface area contributed by atoms with Crippen molar-refractivity contribution >= 4 is 5.91 Å². The Morgan fingerprint density at radius 2 is 1.95 bits per heavy atom. The summed E-state index contributed by atoms with van der Waals surface area (Å²) >= 11 is 0. The molecule has 1 amide bonds. The number of nitrogens with zero attached hydrogens (tertiary/aromatic N) is 1. The predicted molar refractivity (Wildman–Crippen MR) is 80.4 cm³/mol. The van der Waals surface area contributed by atoms with Gasteiger partial charge in [0, 0.05) is 12.6 Å². The van der Waals surface area contributed by atoms with E-state index in [1.54, 1.807) is 0 Å². The van der Waals surface area contributed by atoms with Crippen LogP contribution in [-0.4, -0.2) is 40.1 Å². The molecular formula is C17H28N2O2. The van der Waals surface area contributed by atoms with Crippen molar-refractivity contribution in [1.29, 1.82) is 0 Å². The number of carbonyl (C=O) groups is 1. The Hall–Kier alpha value is -0.610. The van der Waals surface area contributed by atoms with E-state index in [0.29, 0.717) is 17.9 Å². The number of hydrogen-bond acceptors (Lipinski definition) is 3. The Balaban J connectivity index is 1.59. The molecule has 1 saturated heterocycles. The molecule has 1 aliphatic heterocycles. The fraction of sp³-hybridized carbons (Fsp3) is 0.941. The number of hydrogen-bond donors (Lipinski definition) is 2. The summed E-state index contributed by atoms with van der Waals surface area (Å²) in [7, 11) is 0. The van der Waals surface area contributed by atoms with Crippen LogP contribution in [0.3, 0.4) is 0 Å². The molecule has 1 heterocycles. The molecule has 0 aromatic rings. The van der Waals surface area contributed by atoms with Gasteiger partial charge < -0.3 is 15.7 Å². The first-order chi connectivity index (χ1) is 9.91. The number of carbonyl (C=O) groups excluding carboxylic acids is 1. The van der Waals surface area contributed by atoms with Crippen LogP contribution >= 0.6 is 0 Å². The fourth-order valence-corrected chi connectivity index (χ4v) is 6.35. The van der Waals surface area contributed by atoms with Crippen LogP contribution in [0.15, 0.2) is 0 Å². The maximum absolute atomic E-state index is 12.9. The lowest BCUT2D eigenvalue weighted by atomic mass is 9.46. The molecule has 0 aromatic carbocycles. The van der Waals surface area contributed by atoms with Gasteiger partial charge in [-0.1, -0.05) is 0 Å². The first-order valence-electron chi connectivity index (χ1n) is 8.69. The van der Waals surface area contributed by atoms with E-state index in [4.69, 9.17) is 5.73 Å². The minimum Gasteiger partial charge on any atom is -0.390 e. The molecule has 21 heavy (non-hydrogen) atoms. The number of nitrogens with two attached hydrogens (primary N) is 1. The normalized spacial score (nSPS) is 49.7. The van der Waals surface area contributed by atoms with Gasteiger partial charge in [-0.15, -0.1) is 0 Å². The molecule has 4 nitrogen and oxygen atoms in total. The highest BCUT2D eigenvalue weighted by molar-refractivity contribution is 5.83. The maximum Gasteiger partial charge on any atom is 0.240 e. The van der Waals surface area contributed by atoms with Crippen LogP contribution in [-0.2, 0) is 4.79 Å². The zero-order valence-electron chi connectivity index (χ0n) is 13.1. The van der Waals surface area contributed by atoms with Crippen molar-refractivity contribution in [3.05, 3.63) is 0 Å². The molecule has 0 aromatic heterocycles. The maximum atomic E-state index is 12.9. The van der Waals surface area contributed by atoms with Crippen molar-refractivity contribution in [1.82, 2.24) is 4.90 Å². The van der Waals surface area contributed by atoms with Gasteiger partial charge in [0.25, 0.3) is 0 Å². The SMILES string of the molecule is CC1CCCN1C(=O)[C@@H](N)C12CC3CC(CC(O)(C3)C1)C2. The number of aliphatic hydroxyl groups is 1. The largest absolute Gasteiger partial charge is 0.390 e. The lowest BCUT2D eigenvalue weighted by Gasteiger charge is -2.61. The molecule has 3 N–H and O–H groups in total. The van der Waals surface area contributed by atoms with Gasteiger partial charge in [-0.2, -0.15) is 0 Å². The van der Waals surface area contributed by atoms with Crippen LogP contribution in [0.5, 0.6) is 0 Å². The third-order valence-electron chi connectivity index (χ3n) is 6.84. The number of amides is 1. The average molecular weight is 292 g/mol. The van der Waals surface area contributed by atoms with Crippen molar-refractivity contribution < 1.29 is 9.90 Å². The highest BCUT2D eigenvalue weighted by Gasteiger charge is 2.60. The van der Waals surface area contributed by atoms with Crippen molar-refractivity contribution in [2.75, 3.05) is 6.54 Å². The third kappa shape index (κ3) is 2.06. The first-order valence-corrected chi connectivity index (χ1v) is 8.69.